The minimum Gasteiger partial charge on any atom is -0.322 e. The standard InChI is InChI=1S/C16H13FN2O3S/c17-13-6-4-11(5-7-13)16-18(8-9-23-16)15(20)12-2-1-3-14(10-12)19(21)22/h1-7,10,16H,8-9H2. The first-order valence-corrected chi connectivity index (χ1v) is 8.03. The highest BCUT2D eigenvalue weighted by Crippen LogP contribution is 2.38. The molecule has 1 atom stereocenters. The molecule has 0 spiro atoms. The van der Waals surface area contributed by atoms with E-state index in [0.29, 0.717) is 6.54 Å². The van der Waals surface area contributed by atoms with Crippen molar-refractivity contribution >= 4 is 23.4 Å². The molecular weight excluding hydrogens is 319 g/mol. The number of rotatable bonds is 3. The second kappa shape index (κ2) is 6.37. The predicted molar refractivity (Wildman–Crippen MR) is 85.7 cm³/mol. The van der Waals surface area contributed by atoms with Crippen LogP contribution in [0.2, 0.25) is 0 Å². The van der Waals surface area contributed by atoms with Gasteiger partial charge in [0.05, 0.1) is 4.92 Å². The number of benzene rings is 2. The van der Waals surface area contributed by atoms with Crippen molar-refractivity contribution in [3.05, 3.63) is 75.6 Å². The van der Waals surface area contributed by atoms with Gasteiger partial charge >= 0.3 is 0 Å². The molecule has 1 saturated heterocycles. The lowest BCUT2D eigenvalue weighted by Crippen LogP contribution is -2.30. The van der Waals surface area contributed by atoms with E-state index >= 15 is 0 Å². The number of carbonyl (C=O) groups is 1. The lowest BCUT2D eigenvalue weighted by Gasteiger charge is -2.24. The summed E-state index contributed by atoms with van der Waals surface area (Å²) in [6.45, 7) is 0.550. The summed E-state index contributed by atoms with van der Waals surface area (Å²) in [6, 6.07) is 11.8. The second-order valence-electron chi connectivity index (χ2n) is 5.08. The molecule has 0 aromatic heterocycles. The van der Waals surface area contributed by atoms with E-state index in [-0.39, 0.29) is 28.3 Å². The van der Waals surface area contributed by atoms with Crippen molar-refractivity contribution in [1.82, 2.24) is 4.90 Å². The summed E-state index contributed by atoms with van der Waals surface area (Å²) in [4.78, 5) is 24.7. The highest BCUT2D eigenvalue weighted by molar-refractivity contribution is 7.99. The maximum Gasteiger partial charge on any atom is 0.270 e. The minimum atomic E-state index is -0.521. The molecule has 1 amide bonds. The zero-order valence-electron chi connectivity index (χ0n) is 12.0. The Labute approximate surface area is 136 Å². The van der Waals surface area contributed by atoms with E-state index in [2.05, 4.69) is 0 Å². The van der Waals surface area contributed by atoms with Crippen LogP contribution in [-0.4, -0.2) is 28.0 Å². The molecule has 1 fully saturated rings. The highest BCUT2D eigenvalue weighted by Gasteiger charge is 2.31. The smallest absolute Gasteiger partial charge is 0.270 e. The van der Waals surface area contributed by atoms with Crippen LogP contribution in [0, 0.1) is 15.9 Å². The number of nitrogens with zero attached hydrogens (tertiary/aromatic N) is 2. The average Bonchev–Trinajstić information content (AvgIpc) is 3.04. The van der Waals surface area contributed by atoms with Gasteiger partial charge in [-0.25, -0.2) is 4.39 Å². The van der Waals surface area contributed by atoms with Gasteiger partial charge in [-0.05, 0) is 23.8 Å². The van der Waals surface area contributed by atoms with Crippen LogP contribution in [0.5, 0.6) is 0 Å². The van der Waals surface area contributed by atoms with Crippen LogP contribution in [0.25, 0.3) is 0 Å². The Hall–Kier alpha value is -2.41. The monoisotopic (exact) mass is 332 g/mol. The molecular formula is C16H13FN2O3S. The van der Waals surface area contributed by atoms with Gasteiger partial charge in [-0.1, -0.05) is 18.2 Å². The van der Waals surface area contributed by atoms with E-state index in [1.165, 1.54) is 30.3 Å². The van der Waals surface area contributed by atoms with Gasteiger partial charge in [-0.3, -0.25) is 14.9 Å². The fraction of sp³-hybridized carbons (Fsp3) is 0.188. The summed E-state index contributed by atoms with van der Waals surface area (Å²) >= 11 is 1.59. The molecule has 0 N–H and O–H groups in total. The first kappa shape index (κ1) is 15.5. The third-order valence-corrected chi connectivity index (χ3v) is 4.87. The molecule has 0 aliphatic carbocycles. The topological polar surface area (TPSA) is 63.4 Å². The number of amides is 1. The molecule has 1 aliphatic rings. The molecule has 7 heteroatoms. The van der Waals surface area contributed by atoms with E-state index in [4.69, 9.17) is 0 Å². The summed E-state index contributed by atoms with van der Waals surface area (Å²) < 4.78 is 13.1. The van der Waals surface area contributed by atoms with E-state index in [0.717, 1.165) is 11.3 Å². The van der Waals surface area contributed by atoms with Crippen LogP contribution >= 0.6 is 11.8 Å². The average molecular weight is 332 g/mol. The molecule has 23 heavy (non-hydrogen) atoms. The number of nitro benzene ring substituents is 1. The van der Waals surface area contributed by atoms with Gasteiger partial charge < -0.3 is 4.90 Å². The molecule has 3 rings (SSSR count). The molecule has 0 bridgehead atoms. The van der Waals surface area contributed by atoms with Gasteiger partial charge in [0, 0.05) is 30.0 Å². The van der Waals surface area contributed by atoms with Crippen LogP contribution in [0.15, 0.2) is 48.5 Å². The van der Waals surface area contributed by atoms with Crippen molar-refractivity contribution in [3.8, 4) is 0 Å². The van der Waals surface area contributed by atoms with E-state index < -0.39 is 4.92 Å². The third-order valence-electron chi connectivity index (χ3n) is 3.61. The number of halogens is 1. The molecule has 2 aromatic rings. The van der Waals surface area contributed by atoms with Crippen LogP contribution in [-0.2, 0) is 0 Å². The Morgan fingerprint density at radius 2 is 2.00 bits per heavy atom. The first-order chi connectivity index (χ1) is 11.1. The normalized spacial score (nSPS) is 17.3. The Kier molecular flexibility index (Phi) is 4.29. The van der Waals surface area contributed by atoms with Gasteiger partial charge in [-0.2, -0.15) is 0 Å². The molecule has 1 heterocycles. The number of non-ortho nitro benzene ring substituents is 1. The number of thioether (sulfide) groups is 1. The fourth-order valence-corrected chi connectivity index (χ4v) is 3.76. The largest absolute Gasteiger partial charge is 0.322 e. The minimum absolute atomic E-state index is 0.110. The predicted octanol–water partition coefficient (Wildman–Crippen LogP) is 3.62. The number of carbonyl (C=O) groups excluding carboxylic acids is 1. The van der Waals surface area contributed by atoms with Crippen LogP contribution in [0.1, 0.15) is 21.3 Å². The summed E-state index contributed by atoms with van der Waals surface area (Å²) in [5, 5.41) is 10.6. The van der Waals surface area contributed by atoms with Gasteiger partial charge in [0.2, 0.25) is 0 Å². The van der Waals surface area contributed by atoms with Crippen LogP contribution in [0.4, 0.5) is 10.1 Å². The highest BCUT2D eigenvalue weighted by atomic mass is 32.2. The summed E-state index contributed by atoms with van der Waals surface area (Å²) in [7, 11) is 0. The summed E-state index contributed by atoms with van der Waals surface area (Å²) in [5.41, 5.74) is 1.02. The Bertz CT molecular complexity index is 751. The van der Waals surface area contributed by atoms with Crippen LogP contribution in [0.3, 0.4) is 0 Å². The van der Waals surface area contributed by atoms with Crippen molar-refractivity contribution in [2.75, 3.05) is 12.3 Å². The fourth-order valence-electron chi connectivity index (χ4n) is 2.50. The van der Waals surface area contributed by atoms with Crippen molar-refractivity contribution in [3.63, 3.8) is 0 Å². The van der Waals surface area contributed by atoms with Crippen molar-refractivity contribution in [2.45, 2.75) is 5.37 Å². The summed E-state index contributed by atoms with van der Waals surface area (Å²) in [6.07, 6.45) is 0. The second-order valence-corrected chi connectivity index (χ2v) is 6.27. The molecule has 5 nitrogen and oxygen atoms in total. The maximum absolute atomic E-state index is 13.1. The van der Waals surface area contributed by atoms with Crippen molar-refractivity contribution < 1.29 is 14.1 Å². The zero-order chi connectivity index (χ0) is 16.4. The maximum atomic E-state index is 13.1. The molecule has 0 radical (unpaired) electrons. The van der Waals surface area contributed by atoms with E-state index in [1.54, 1.807) is 34.9 Å². The van der Waals surface area contributed by atoms with Crippen LogP contribution < -0.4 is 0 Å². The van der Waals surface area contributed by atoms with E-state index in [1.807, 2.05) is 0 Å². The van der Waals surface area contributed by atoms with E-state index in [9.17, 15) is 19.3 Å². The Balaban J connectivity index is 1.87. The first-order valence-electron chi connectivity index (χ1n) is 6.99. The molecule has 1 unspecified atom stereocenters. The van der Waals surface area contributed by atoms with Gasteiger partial charge in [-0.15, -0.1) is 11.8 Å². The number of hydrogen-bond donors (Lipinski definition) is 0. The molecule has 2 aromatic carbocycles. The Morgan fingerprint density at radius 3 is 2.70 bits per heavy atom. The van der Waals surface area contributed by atoms with Gasteiger partial charge in [0.25, 0.3) is 11.6 Å². The quantitative estimate of drug-likeness (QED) is 0.636. The third kappa shape index (κ3) is 3.19. The van der Waals surface area contributed by atoms with Gasteiger partial charge in [0.1, 0.15) is 11.2 Å². The lowest BCUT2D eigenvalue weighted by atomic mass is 10.1. The number of nitro groups is 1. The zero-order valence-corrected chi connectivity index (χ0v) is 12.8. The molecule has 0 saturated carbocycles. The number of hydrogen-bond acceptors (Lipinski definition) is 4. The van der Waals surface area contributed by atoms with Crippen molar-refractivity contribution in [1.29, 1.82) is 0 Å². The van der Waals surface area contributed by atoms with Crippen molar-refractivity contribution in [2.24, 2.45) is 0 Å². The lowest BCUT2D eigenvalue weighted by molar-refractivity contribution is -0.384. The summed E-state index contributed by atoms with van der Waals surface area (Å²) in [5.74, 6) is 0.184. The molecule has 118 valence electrons. The molecule has 1 aliphatic heterocycles. The van der Waals surface area contributed by atoms with Gasteiger partial charge in [0.15, 0.2) is 0 Å². The SMILES string of the molecule is O=C(c1cccc([N+](=O)[O-])c1)N1CCSC1c1ccc(F)cc1. The Morgan fingerprint density at radius 1 is 1.26 bits per heavy atom.